The summed E-state index contributed by atoms with van der Waals surface area (Å²) in [6.07, 6.45) is 1.11. The van der Waals surface area contributed by atoms with Crippen LogP contribution >= 0.6 is 0 Å². The van der Waals surface area contributed by atoms with Gasteiger partial charge in [0.2, 0.25) is 0 Å². The van der Waals surface area contributed by atoms with Crippen molar-refractivity contribution in [2.75, 3.05) is 26.7 Å². The number of rotatable bonds is 7. The first kappa shape index (κ1) is 16.8. The van der Waals surface area contributed by atoms with Crippen molar-refractivity contribution >= 4 is 0 Å². The van der Waals surface area contributed by atoms with Crippen molar-refractivity contribution in [3.63, 3.8) is 0 Å². The highest BCUT2D eigenvalue weighted by atomic mass is 19.4. The second-order valence-electron chi connectivity index (χ2n) is 5.73. The molecule has 0 saturated heterocycles. The summed E-state index contributed by atoms with van der Waals surface area (Å²) < 4.78 is 36.6. The smallest absolute Gasteiger partial charge is 0.314 e. The van der Waals surface area contributed by atoms with Crippen molar-refractivity contribution in [3.05, 3.63) is 0 Å². The van der Waals surface area contributed by atoms with E-state index in [1.807, 2.05) is 4.90 Å². The summed E-state index contributed by atoms with van der Waals surface area (Å²) in [5.41, 5.74) is 0. The molecular formula is C14H27F3N2. The van der Waals surface area contributed by atoms with Crippen LogP contribution in [0, 0.1) is 5.92 Å². The van der Waals surface area contributed by atoms with Crippen LogP contribution in [0.25, 0.3) is 0 Å². The van der Waals surface area contributed by atoms with Crippen LogP contribution in [0.1, 0.15) is 45.4 Å². The maximum atomic E-state index is 12.2. The minimum Gasteiger partial charge on any atom is -0.314 e. The molecule has 114 valence electrons. The molecule has 5 heteroatoms. The fourth-order valence-electron chi connectivity index (χ4n) is 2.83. The third-order valence-corrected chi connectivity index (χ3v) is 3.89. The summed E-state index contributed by atoms with van der Waals surface area (Å²) >= 11 is 0. The zero-order valence-corrected chi connectivity index (χ0v) is 12.1. The van der Waals surface area contributed by atoms with Crippen molar-refractivity contribution in [1.29, 1.82) is 0 Å². The van der Waals surface area contributed by atoms with E-state index < -0.39 is 12.6 Å². The minimum atomic E-state index is -4.04. The van der Waals surface area contributed by atoms with Gasteiger partial charge in [-0.05, 0) is 38.8 Å². The molecule has 2 unspecified atom stereocenters. The number of hydrogen-bond acceptors (Lipinski definition) is 2. The average Bonchev–Trinajstić information content (AvgIpc) is 2.34. The maximum absolute atomic E-state index is 12.2. The first-order chi connectivity index (χ1) is 8.92. The summed E-state index contributed by atoms with van der Waals surface area (Å²) in [6, 6.07) is 0.488. The lowest BCUT2D eigenvalue weighted by atomic mass is 9.84. The number of nitrogens with one attached hydrogen (secondary N) is 1. The van der Waals surface area contributed by atoms with E-state index in [1.165, 1.54) is 12.8 Å². The molecule has 0 aliphatic heterocycles. The van der Waals surface area contributed by atoms with Crippen molar-refractivity contribution in [1.82, 2.24) is 10.2 Å². The van der Waals surface area contributed by atoms with E-state index >= 15 is 0 Å². The third kappa shape index (κ3) is 7.16. The minimum absolute atomic E-state index is 0.112. The Labute approximate surface area is 114 Å². The average molecular weight is 280 g/mol. The topological polar surface area (TPSA) is 15.3 Å². The van der Waals surface area contributed by atoms with Crippen LogP contribution in [0.4, 0.5) is 13.2 Å². The molecule has 1 saturated carbocycles. The number of nitrogens with zero attached hydrogens (tertiary/aromatic N) is 1. The van der Waals surface area contributed by atoms with Gasteiger partial charge in [-0.25, -0.2) is 0 Å². The van der Waals surface area contributed by atoms with Gasteiger partial charge in [0, 0.05) is 19.1 Å². The van der Waals surface area contributed by atoms with E-state index in [-0.39, 0.29) is 6.54 Å². The van der Waals surface area contributed by atoms with Gasteiger partial charge in [-0.3, -0.25) is 0 Å². The van der Waals surface area contributed by atoms with Gasteiger partial charge in [0.25, 0.3) is 0 Å². The second-order valence-corrected chi connectivity index (χ2v) is 5.73. The molecule has 0 spiro atoms. The fourth-order valence-corrected chi connectivity index (χ4v) is 2.83. The molecule has 0 heterocycles. The van der Waals surface area contributed by atoms with Gasteiger partial charge in [0.05, 0.1) is 6.42 Å². The molecule has 0 radical (unpaired) electrons. The molecule has 0 bridgehead atoms. The zero-order valence-electron chi connectivity index (χ0n) is 12.1. The highest BCUT2D eigenvalue weighted by molar-refractivity contribution is 4.82. The molecule has 2 nitrogen and oxygen atoms in total. The predicted molar refractivity (Wildman–Crippen MR) is 72.2 cm³/mol. The molecular weight excluding hydrogens is 253 g/mol. The lowest BCUT2D eigenvalue weighted by Gasteiger charge is -2.35. The Morgan fingerprint density at radius 3 is 2.53 bits per heavy atom. The molecule has 0 aromatic rings. The molecule has 1 fully saturated rings. The van der Waals surface area contributed by atoms with E-state index in [0.29, 0.717) is 12.0 Å². The fraction of sp³-hybridized carbons (Fsp3) is 1.00. The maximum Gasteiger partial charge on any atom is 0.390 e. The molecule has 2 atom stereocenters. The van der Waals surface area contributed by atoms with Gasteiger partial charge >= 0.3 is 6.18 Å². The molecule has 1 aliphatic rings. The van der Waals surface area contributed by atoms with Crippen LogP contribution in [-0.2, 0) is 0 Å². The molecule has 1 aliphatic carbocycles. The van der Waals surface area contributed by atoms with Gasteiger partial charge in [-0.15, -0.1) is 0 Å². The lowest BCUT2D eigenvalue weighted by molar-refractivity contribution is -0.137. The second kappa shape index (κ2) is 8.10. The Morgan fingerprint density at radius 2 is 1.89 bits per heavy atom. The summed E-state index contributed by atoms with van der Waals surface area (Å²) in [7, 11) is 1.80. The monoisotopic (exact) mass is 280 g/mol. The van der Waals surface area contributed by atoms with Crippen molar-refractivity contribution < 1.29 is 13.2 Å². The van der Waals surface area contributed by atoms with Crippen LogP contribution < -0.4 is 5.32 Å². The van der Waals surface area contributed by atoms with Crippen molar-refractivity contribution in [3.8, 4) is 0 Å². The molecule has 1 N–H and O–H groups in total. The highest BCUT2D eigenvalue weighted by Gasteiger charge is 2.29. The number of halogens is 3. The van der Waals surface area contributed by atoms with Gasteiger partial charge in [0.15, 0.2) is 0 Å². The van der Waals surface area contributed by atoms with E-state index in [9.17, 15) is 13.2 Å². The van der Waals surface area contributed by atoms with Gasteiger partial charge in [-0.2, -0.15) is 13.2 Å². The van der Waals surface area contributed by atoms with E-state index in [0.717, 1.165) is 32.4 Å². The molecule has 0 amide bonds. The largest absolute Gasteiger partial charge is 0.390 e. The van der Waals surface area contributed by atoms with Crippen molar-refractivity contribution in [2.24, 2.45) is 5.92 Å². The summed E-state index contributed by atoms with van der Waals surface area (Å²) in [4.78, 5) is 1.84. The lowest BCUT2D eigenvalue weighted by Crippen LogP contribution is -2.44. The SMILES string of the molecule is CCCNC1CCCCC1CN(C)CCC(F)(F)F. The van der Waals surface area contributed by atoms with Crippen LogP contribution in [0.5, 0.6) is 0 Å². The Balaban J connectivity index is 2.34. The van der Waals surface area contributed by atoms with Crippen LogP contribution in [-0.4, -0.2) is 43.8 Å². The summed E-state index contributed by atoms with van der Waals surface area (Å²) in [6.45, 7) is 4.03. The van der Waals surface area contributed by atoms with Crippen molar-refractivity contribution in [2.45, 2.75) is 57.7 Å². The Hall–Kier alpha value is -0.290. The van der Waals surface area contributed by atoms with E-state index in [2.05, 4.69) is 12.2 Å². The van der Waals surface area contributed by atoms with Gasteiger partial charge < -0.3 is 10.2 Å². The third-order valence-electron chi connectivity index (χ3n) is 3.89. The quantitative estimate of drug-likeness (QED) is 0.768. The molecule has 0 aromatic carbocycles. The van der Waals surface area contributed by atoms with Crippen LogP contribution in [0.15, 0.2) is 0 Å². The summed E-state index contributed by atoms with van der Waals surface area (Å²) in [5, 5.41) is 3.55. The van der Waals surface area contributed by atoms with E-state index in [1.54, 1.807) is 7.05 Å². The summed E-state index contributed by atoms with van der Waals surface area (Å²) in [5.74, 6) is 0.499. The van der Waals surface area contributed by atoms with Crippen LogP contribution in [0.3, 0.4) is 0 Å². The number of hydrogen-bond donors (Lipinski definition) is 1. The highest BCUT2D eigenvalue weighted by Crippen LogP contribution is 2.26. The zero-order chi connectivity index (χ0) is 14.3. The van der Waals surface area contributed by atoms with Gasteiger partial charge in [0.1, 0.15) is 0 Å². The first-order valence-corrected chi connectivity index (χ1v) is 7.41. The Morgan fingerprint density at radius 1 is 1.21 bits per heavy atom. The van der Waals surface area contributed by atoms with Gasteiger partial charge in [-0.1, -0.05) is 19.8 Å². The standard InChI is InChI=1S/C14H27F3N2/c1-3-9-18-13-7-5-4-6-12(13)11-19(2)10-8-14(15,16)17/h12-13,18H,3-11H2,1-2H3. The first-order valence-electron chi connectivity index (χ1n) is 7.41. The molecule has 0 aromatic heterocycles. The van der Waals surface area contributed by atoms with Crippen LogP contribution in [0.2, 0.25) is 0 Å². The Bertz CT molecular complexity index is 243. The molecule has 19 heavy (non-hydrogen) atoms. The predicted octanol–water partition coefficient (Wildman–Crippen LogP) is 3.43. The Kier molecular flexibility index (Phi) is 7.15. The number of alkyl halides is 3. The van der Waals surface area contributed by atoms with E-state index in [4.69, 9.17) is 0 Å². The normalized spacial score (nSPS) is 24.9. The molecule has 1 rings (SSSR count).